The first-order valence-electron chi connectivity index (χ1n) is 7.56. The SMILES string of the molecule is CCCCCCCCCCC=Cc1[c]cccc1. The molecule has 1 aromatic rings. The van der Waals surface area contributed by atoms with Gasteiger partial charge in [0.15, 0.2) is 0 Å². The van der Waals surface area contributed by atoms with Crippen molar-refractivity contribution in [3.8, 4) is 0 Å². The van der Waals surface area contributed by atoms with Crippen molar-refractivity contribution < 1.29 is 0 Å². The Hall–Kier alpha value is -1.04. The Bertz CT molecular complexity index is 297. The molecule has 0 aliphatic heterocycles. The maximum Gasteiger partial charge on any atom is -0.0106 e. The van der Waals surface area contributed by atoms with Crippen molar-refractivity contribution in [2.24, 2.45) is 0 Å². The van der Waals surface area contributed by atoms with Gasteiger partial charge >= 0.3 is 0 Å². The third-order valence-electron chi connectivity index (χ3n) is 3.25. The van der Waals surface area contributed by atoms with Crippen molar-refractivity contribution >= 4 is 6.08 Å². The first-order chi connectivity index (χ1) is 8.93. The van der Waals surface area contributed by atoms with E-state index in [9.17, 15) is 0 Å². The molecule has 1 aromatic carbocycles. The summed E-state index contributed by atoms with van der Waals surface area (Å²) in [4.78, 5) is 0. The minimum atomic E-state index is 1.19. The molecule has 0 nitrogen and oxygen atoms in total. The molecule has 0 bridgehead atoms. The summed E-state index contributed by atoms with van der Waals surface area (Å²) >= 11 is 0. The zero-order valence-electron chi connectivity index (χ0n) is 11.8. The minimum absolute atomic E-state index is 1.19. The van der Waals surface area contributed by atoms with Crippen molar-refractivity contribution in [1.29, 1.82) is 0 Å². The van der Waals surface area contributed by atoms with Crippen molar-refractivity contribution in [1.82, 2.24) is 0 Å². The Morgan fingerprint density at radius 2 is 1.67 bits per heavy atom. The molecule has 0 aromatic heterocycles. The van der Waals surface area contributed by atoms with Crippen LogP contribution in [0.3, 0.4) is 0 Å². The number of rotatable bonds is 10. The molecule has 18 heavy (non-hydrogen) atoms. The largest absolute Gasteiger partial charge is 0.0839 e. The van der Waals surface area contributed by atoms with Crippen LogP contribution in [0.2, 0.25) is 0 Å². The molecule has 0 spiro atoms. The monoisotopic (exact) mass is 243 g/mol. The maximum absolute atomic E-state index is 3.21. The molecule has 0 heteroatoms. The van der Waals surface area contributed by atoms with Gasteiger partial charge in [-0.05, 0) is 24.5 Å². The minimum Gasteiger partial charge on any atom is -0.0839 e. The van der Waals surface area contributed by atoms with Crippen LogP contribution >= 0.6 is 0 Å². The molecule has 0 unspecified atom stereocenters. The Morgan fingerprint density at radius 3 is 2.33 bits per heavy atom. The molecule has 0 aliphatic carbocycles. The lowest BCUT2D eigenvalue weighted by atomic mass is 10.1. The molecule has 1 radical (unpaired) electrons. The summed E-state index contributed by atoms with van der Waals surface area (Å²) in [6.07, 6.45) is 16.8. The van der Waals surface area contributed by atoms with Gasteiger partial charge in [0.1, 0.15) is 0 Å². The molecule has 0 heterocycles. The highest BCUT2D eigenvalue weighted by Crippen LogP contribution is 2.10. The molecule has 0 aliphatic rings. The van der Waals surface area contributed by atoms with E-state index in [0.29, 0.717) is 0 Å². The van der Waals surface area contributed by atoms with E-state index < -0.39 is 0 Å². The van der Waals surface area contributed by atoms with Crippen molar-refractivity contribution in [3.63, 3.8) is 0 Å². The average molecular weight is 243 g/mol. The second kappa shape index (κ2) is 11.1. The first-order valence-corrected chi connectivity index (χ1v) is 7.56. The highest BCUT2D eigenvalue weighted by Gasteiger charge is 1.90. The predicted octanol–water partition coefficient (Wildman–Crippen LogP) is 6.03. The molecule has 0 atom stereocenters. The van der Waals surface area contributed by atoms with Crippen molar-refractivity contribution in [2.45, 2.75) is 64.7 Å². The maximum atomic E-state index is 3.21. The molecule has 0 amide bonds. The lowest BCUT2D eigenvalue weighted by Gasteiger charge is -1.99. The number of hydrogen-bond donors (Lipinski definition) is 0. The van der Waals surface area contributed by atoms with Gasteiger partial charge in [-0.3, -0.25) is 0 Å². The van der Waals surface area contributed by atoms with Crippen LogP contribution in [0.15, 0.2) is 30.3 Å². The van der Waals surface area contributed by atoms with Crippen LogP contribution in [0.5, 0.6) is 0 Å². The molecule has 0 fully saturated rings. The van der Waals surface area contributed by atoms with Gasteiger partial charge in [-0.1, -0.05) is 88.3 Å². The fraction of sp³-hybridized carbons (Fsp3) is 0.556. The Labute approximate surface area is 113 Å². The third kappa shape index (κ3) is 8.11. The Morgan fingerprint density at radius 1 is 0.944 bits per heavy atom. The van der Waals surface area contributed by atoms with Crippen LogP contribution in [0.4, 0.5) is 0 Å². The zero-order valence-corrected chi connectivity index (χ0v) is 11.8. The van der Waals surface area contributed by atoms with E-state index >= 15 is 0 Å². The van der Waals surface area contributed by atoms with Gasteiger partial charge in [0.05, 0.1) is 0 Å². The van der Waals surface area contributed by atoms with E-state index in [4.69, 9.17) is 0 Å². The third-order valence-corrected chi connectivity index (χ3v) is 3.25. The Balaban J connectivity index is 1.91. The molecule has 99 valence electrons. The molecule has 0 saturated heterocycles. The van der Waals surface area contributed by atoms with Crippen LogP contribution in [-0.4, -0.2) is 0 Å². The van der Waals surface area contributed by atoms with Crippen molar-refractivity contribution in [2.75, 3.05) is 0 Å². The predicted molar refractivity (Wildman–Crippen MR) is 81.5 cm³/mol. The van der Waals surface area contributed by atoms with Gasteiger partial charge in [0, 0.05) is 0 Å². The quantitative estimate of drug-likeness (QED) is 0.440. The van der Waals surface area contributed by atoms with Gasteiger partial charge in [-0.2, -0.15) is 0 Å². The highest BCUT2D eigenvalue weighted by atomic mass is 14.0. The summed E-state index contributed by atoms with van der Waals surface area (Å²) in [5.74, 6) is 0. The second-order valence-electron chi connectivity index (χ2n) is 4.98. The highest BCUT2D eigenvalue weighted by molar-refractivity contribution is 5.47. The lowest BCUT2D eigenvalue weighted by Crippen LogP contribution is -1.80. The molecular formula is C18H27. The number of hydrogen-bond acceptors (Lipinski definition) is 0. The van der Waals surface area contributed by atoms with Crippen LogP contribution in [-0.2, 0) is 0 Å². The molecule has 0 N–H and O–H groups in total. The van der Waals surface area contributed by atoms with Crippen LogP contribution < -0.4 is 0 Å². The summed E-state index contributed by atoms with van der Waals surface area (Å²) in [7, 11) is 0. The van der Waals surface area contributed by atoms with E-state index in [0.717, 1.165) is 0 Å². The van der Waals surface area contributed by atoms with E-state index in [2.05, 4.69) is 37.3 Å². The normalized spacial score (nSPS) is 11.2. The van der Waals surface area contributed by atoms with Crippen LogP contribution in [0, 0.1) is 6.07 Å². The van der Waals surface area contributed by atoms with E-state index in [-0.39, 0.29) is 0 Å². The van der Waals surface area contributed by atoms with Crippen molar-refractivity contribution in [3.05, 3.63) is 42.0 Å². The smallest absolute Gasteiger partial charge is 0.0106 e. The summed E-state index contributed by atoms with van der Waals surface area (Å²) in [6.45, 7) is 2.27. The Kier molecular flexibility index (Phi) is 9.24. The van der Waals surface area contributed by atoms with Gasteiger partial charge in [-0.15, -0.1) is 0 Å². The fourth-order valence-corrected chi connectivity index (χ4v) is 2.12. The number of unbranched alkanes of at least 4 members (excludes halogenated alkanes) is 8. The zero-order chi connectivity index (χ0) is 12.9. The standard InChI is InChI=1S/C18H27/c1-2-3-4-5-6-7-8-9-10-12-15-18-16-13-11-14-17-18/h11-16H,2-10H2,1H3. The second-order valence-corrected chi connectivity index (χ2v) is 4.98. The summed E-state index contributed by atoms with van der Waals surface area (Å²) in [5.41, 5.74) is 1.19. The van der Waals surface area contributed by atoms with Gasteiger partial charge < -0.3 is 0 Å². The van der Waals surface area contributed by atoms with E-state index in [1.807, 2.05) is 12.1 Å². The van der Waals surface area contributed by atoms with E-state index in [1.165, 1.54) is 63.4 Å². The van der Waals surface area contributed by atoms with E-state index in [1.54, 1.807) is 0 Å². The van der Waals surface area contributed by atoms with Crippen LogP contribution in [0.1, 0.15) is 70.3 Å². The molecule has 0 saturated carbocycles. The number of allylic oxidation sites excluding steroid dienone is 1. The number of benzene rings is 1. The summed E-state index contributed by atoms with van der Waals surface area (Å²) in [6, 6.07) is 11.4. The molecule has 1 rings (SSSR count). The topological polar surface area (TPSA) is 0 Å². The first kappa shape index (κ1) is 15.0. The average Bonchev–Trinajstić information content (AvgIpc) is 2.42. The van der Waals surface area contributed by atoms with Crippen LogP contribution in [0.25, 0.3) is 6.08 Å². The van der Waals surface area contributed by atoms with Gasteiger partial charge in [-0.25, -0.2) is 0 Å². The lowest BCUT2D eigenvalue weighted by molar-refractivity contribution is 0.578. The summed E-state index contributed by atoms with van der Waals surface area (Å²) in [5, 5.41) is 0. The molecular weight excluding hydrogens is 216 g/mol. The summed E-state index contributed by atoms with van der Waals surface area (Å²) < 4.78 is 0. The fourth-order valence-electron chi connectivity index (χ4n) is 2.12. The van der Waals surface area contributed by atoms with Gasteiger partial charge in [0.2, 0.25) is 0 Å². The van der Waals surface area contributed by atoms with Gasteiger partial charge in [0.25, 0.3) is 0 Å².